The fraction of sp³-hybridized carbons (Fsp3) is 0.500. The van der Waals surface area contributed by atoms with Crippen molar-refractivity contribution in [3.8, 4) is 5.75 Å². The smallest absolute Gasteiger partial charge is 0.126 e. The maximum absolute atomic E-state index is 13.0. The molecule has 82 valence electrons. The first-order valence-electron chi connectivity index (χ1n) is 5.07. The van der Waals surface area contributed by atoms with Crippen LogP contribution in [0.1, 0.15) is 25.3 Å². The summed E-state index contributed by atoms with van der Waals surface area (Å²) < 4.78 is 18.2. The number of ether oxygens (including phenoxy) is 1. The highest BCUT2D eigenvalue weighted by atomic mass is 19.1. The lowest BCUT2D eigenvalue weighted by Crippen LogP contribution is -2.06. The molecule has 15 heavy (non-hydrogen) atoms. The molecule has 0 amide bonds. The van der Waals surface area contributed by atoms with Crippen molar-refractivity contribution in [2.45, 2.75) is 25.8 Å². The zero-order valence-electron chi connectivity index (χ0n) is 9.25. The molecule has 0 aliphatic heterocycles. The minimum Gasteiger partial charge on any atom is -0.496 e. The summed E-state index contributed by atoms with van der Waals surface area (Å²) in [7, 11) is 1.55. The van der Waals surface area contributed by atoms with Gasteiger partial charge in [0.25, 0.3) is 0 Å². The minimum atomic E-state index is -0.275. The number of nitrogens with two attached hydrogens (primary N) is 1. The van der Waals surface area contributed by atoms with Crippen molar-refractivity contribution >= 4 is 0 Å². The molecular weight excluding hydrogens is 193 g/mol. The van der Waals surface area contributed by atoms with Crippen LogP contribution in [0.2, 0.25) is 0 Å². The van der Waals surface area contributed by atoms with Gasteiger partial charge in [0.15, 0.2) is 0 Å². The Morgan fingerprint density at radius 3 is 2.47 bits per heavy atom. The monoisotopic (exact) mass is 209 g/mol. The van der Waals surface area contributed by atoms with Crippen molar-refractivity contribution in [1.82, 2.24) is 0 Å². The SMILES string of the molecule is COc1cc(F)ccc1[C@H]1[C@H](N)C1(C)C. The summed E-state index contributed by atoms with van der Waals surface area (Å²) in [4.78, 5) is 0. The molecule has 2 nitrogen and oxygen atoms in total. The van der Waals surface area contributed by atoms with Crippen LogP contribution in [0.5, 0.6) is 5.75 Å². The molecule has 1 aliphatic carbocycles. The average Bonchev–Trinajstić information content (AvgIpc) is 2.67. The maximum atomic E-state index is 13.0. The van der Waals surface area contributed by atoms with Gasteiger partial charge in [0.1, 0.15) is 11.6 Å². The van der Waals surface area contributed by atoms with Gasteiger partial charge in [0.05, 0.1) is 7.11 Å². The molecule has 1 aliphatic rings. The molecule has 0 spiro atoms. The number of methoxy groups -OCH3 is 1. The van der Waals surface area contributed by atoms with Gasteiger partial charge in [0, 0.05) is 18.0 Å². The van der Waals surface area contributed by atoms with E-state index in [1.807, 2.05) is 0 Å². The number of rotatable bonds is 2. The van der Waals surface area contributed by atoms with Crippen LogP contribution in [-0.4, -0.2) is 13.2 Å². The molecule has 0 radical (unpaired) electrons. The van der Waals surface area contributed by atoms with Crippen LogP contribution in [0.25, 0.3) is 0 Å². The van der Waals surface area contributed by atoms with Crippen LogP contribution in [0.15, 0.2) is 18.2 Å². The molecule has 1 aromatic carbocycles. The second-order valence-corrected chi connectivity index (χ2v) is 4.71. The third-order valence-corrected chi connectivity index (χ3v) is 3.44. The summed E-state index contributed by atoms with van der Waals surface area (Å²) in [6.07, 6.45) is 0. The highest BCUT2D eigenvalue weighted by Crippen LogP contribution is 2.59. The molecule has 1 saturated carbocycles. The molecule has 2 rings (SSSR count). The third kappa shape index (κ3) is 1.51. The van der Waals surface area contributed by atoms with E-state index in [9.17, 15) is 4.39 Å². The van der Waals surface area contributed by atoms with Gasteiger partial charge in [-0.2, -0.15) is 0 Å². The average molecular weight is 209 g/mol. The highest BCUT2D eigenvalue weighted by Gasteiger charge is 2.57. The Kier molecular flexibility index (Phi) is 2.23. The molecule has 1 fully saturated rings. The van der Waals surface area contributed by atoms with E-state index in [1.54, 1.807) is 13.2 Å². The standard InChI is InChI=1S/C12H16FNO/c1-12(2)10(11(12)14)8-5-4-7(13)6-9(8)15-3/h4-6,10-11H,14H2,1-3H3/t10-,11-/m0/s1. The zero-order chi connectivity index (χ0) is 11.2. The fourth-order valence-electron chi connectivity index (χ4n) is 2.21. The summed E-state index contributed by atoms with van der Waals surface area (Å²) in [5, 5.41) is 0. The Morgan fingerprint density at radius 2 is 2.00 bits per heavy atom. The van der Waals surface area contributed by atoms with Crippen molar-refractivity contribution in [3.63, 3.8) is 0 Å². The van der Waals surface area contributed by atoms with E-state index in [4.69, 9.17) is 10.5 Å². The van der Waals surface area contributed by atoms with Gasteiger partial charge in [-0.1, -0.05) is 19.9 Å². The Morgan fingerprint density at radius 1 is 1.40 bits per heavy atom. The quantitative estimate of drug-likeness (QED) is 0.811. The van der Waals surface area contributed by atoms with E-state index in [-0.39, 0.29) is 23.2 Å². The van der Waals surface area contributed by atoms with Gasteiger partial charge in [-0.3, -0.25) is 0 Å². The Hall–Kier alpha value is -1.09. The molecule has 0 heterocycles. The normalized spacial score (nSPS) is 27.5. The maximum Gasteiger partial charge on any atom is 0.126 e. The predicted octanol–water partition coefficient (Wildman–Crippen LogP) is 2.29. The Balaban J connectivity index is 2.38. The largest absolute Gasteiger partial charge is 0.496 e. The summed E-state index contributed by atoms with van der Waals surface area (Å²) in [5.74, 6) is 0.594. The molecule has 1 aromatic rings. The molecule has 0 bridgehead atoms. The van der Waals surface area contributed by atoms with Crippen LogP contribution in [0.3, 0.4) is 0 Å². The lowest BCUT2D eigenvalue weighted by molar-refractivity contribution is 0.404. The number of hydrogen-bond acceptors (Lipinski definition) is 2. The minimum absolute atomic E-state index is 0.0884. The molecule has 0 unspecified atom stereocenters. The molecule has 0 aromatic heterocycles. The van der Waals surface area contributed by atoms with Gasteiger partial charge >= 0.3 is 0 Å². The summed E-state index contributed by atoms with van der Waals surface area (Å²) in [5.41, 5.74) is 7.09. The van der Waals surface area contributed by atoms with Gasteiger partial charge in [-0.15, -0.1) is 0 Å². The van der Waals surface area contributed by atoms with Crippen molar-refractivity contribution in [3.05, 3.63) is 29.6 Å². The van der Waals surface area contributed by atoms with Crippen LogP contribution >= 0.6 is 0 Å². The zero-order valence-corrected chi connectivity index (χ0v) is 9.25. The van der Waals surface area contributed by atoms with Gasteiger partial charge in [-0.25, -0.2) is 4.39 Å². The van der Waals surface area contributed by atoms with E-state index >= 15 is 0 Å². The number of benzene rings is 1. The molecule has 3 heteroatoms. The summed E-state index contributed by atoms with van der Waals surface area (Å²) >= 11 is 0. The third-order valence-electron chi connectivity index (χ3n) is 3.44. The lowest BCUT2D eigenvalue weighted by atomic mass is 10.0. The fourth-order valence-corrected chi connectivity index (χ4v) is 2.21. The van der Waals surface area contributed by atoms with E-state index in [0.29, 0.717) is 5.75 Å². The lowest BCUT2D eigenvalue weighted by Gasteiger charge is -2.09. The van der Waals surface area contributed by atoms with Crippen molar-refractivity contribution < 1.29 is 9.13 Å². The number of halogens is 1. The Labute approximate surface area is 89.2 Å². The van der Waals surface area contributed by atoms with Crippen molar-refractivity contribution in [2.75, 3.05) is 7.11 Å². The first kappa shape index (κ1) is 10.4. The van der Waals surface area contributed by atoms with Crippen LogP contribution < -0.4 is 10.5 Å². The predicted molar refractivity (Wildman–Crippen MR) is 57.4 cm³/mol. The molecule has 0 saturated heterocycles. The van der Waals surface area contributed by atoms with Gasteiger partial charge in [0.2, 0.25) is 0 Å². The molecule has 2 N–H and O–H groups in total. The first-order chi connectivity index (χ1) is 6.98. The summed E-state index contributed by atoms with van der Waals surface area (Å²) in [6.45, 7) is 4.23. The van der Waals surface area contributed by atoms with E-state index < -0.39 is 0 Å². The van der Waals surface area contributed by atoms with Crippen molar-refractivity contribution in [2.24, 2.45) is 11.1 Å². The molecule has 2 atom stereocenters. The van der Waals surface area contributed by atoms with E-state index in [1.165, 1.54) is 12.1 Å². The molecular formula is C12H16FNO. The van der Waals surface area contributed by atoms with Crippen LogP contribution in [-0.2, 0) is 0 Å². The van der Waals surface area contributed by atoms with E-state index in [2.05, 4.69) is 13.8 Å². The van der Waals surface area contributed by atoms with Crippen LogP contribution in [0.4, 0.5) is 4.39 Å². The highest BCUT2D eigenvalue weighted by molar-refractivity contribution is 5.44. The first-order valence-corrected chi connectivity index (χ1v) is 5.07. The second kappa shape index (κ2) is 3.20. The Bertz CT molecular complexity index is 389. The number of hydrogen-bond donors (Lipinski definition) is 1. The summed E-state index contributed by atoms with van der Waals surface area (Å²) in [6, 6.07) is 4.78. The van der Waals surface area contributed by atoms with E-state index in [0.717, 1.165) is 5.56 Å². The van der Waals surface area contributed by atoms with Crippen molar-refractivity contribution in [1.29, 1.82) is 0 Å². The van der Waals surface area contributed by atoms with Gasteiger partial charge < -0.3 is 10.5 Å². The van der Waals surface area contributed by atoms with Crippen LogP contribution in [0, 0.1) is 11.2 Å². The second-order valence-electron chi connectivity index (χ2n) is 4.71. The topological polar surface area (TPSA) is 35.2 Å². The van der Waals surface area contributed by atoms with Gasteiger partial charge in [-0.05, 0) is 17.0 Å².